The van der Waals surface area contributed by atoms with Crippen molar-refractivity contribution in [2.45, 2.75) is 17.8 Å². The van der Waals surface area contributed by atoms with Gasteiger partial charge in [0, 0.05) is 0 Å². The lowest BCUT2D eigenvalue weighted by Crippen LogP contribution is -2.53. The minimum absolute atomic E-state index is 0.152. The lowest BCUT2D eigenvalue weighted by Gasteiger charge is -2.36. The van der Waals surface area contributed by atoms with Crippen LogP contribution in [0.2, 0.25) is 0 Å². The summed E-state index contributed by atoms with van der Waals surface area (Å²) in [4.78, 5) is 0. The first-order valence-corrected chi connectivity index (χ1v) is 26.8. The van der Waals surface area contributed by atoms with Gasteiger partial charge >= 0.3 is 12.4 Å². The predicted molar refractivity (Wildman–Crippen MR) is 319 cm³/mol. The van der Waals surface area contributed by atoms with Crippen LogP contribution in [0.4, 0.5) is 26.3 Å². The van der Waals surface area contributed by atoms with Crippen LogP contribution in [0.25, 0.3) is 122 Å². The molecule has 12 aromatic rings. The van der Waals surface area contributed by atoms with Crippen LogP contribution in [-0.2, 0) is 5.41 Å². The van der Waals surface area contributed by atoms with E-state index in [0.29, 0.717) is 33.4 Å². The standard InChI is InChI=1S/C75H48F6/c76-74(77,78)73(75(79,80)81)71-47-67(63-41-59(51-25-11-3-12-26-51)39-60(42-63)52-27-13-4-14-28-52)65(57-35-19-33-55(37-57)49-21-7-1-8-22-49)45-69(71)70-46-66(58-36-20-34-56(38-58)50-23-9-2-10-24-50)68(48-72(70)73)64-43-61(53-29-15-5-16-30-53)40-62(44-64)54-31-17-6-18-32-54/h1-48H. The van der Waals surface area contributed by atoms with Gasteiger partial charge in [-0.2, -0.15) is 26.3 Å². The first-order chi connectivity index (χ1) is 39.4. The van der Waals surface area contributed by atoms with Crippen LogP contribution < -0.4 is 0 Å². The summed E-state index contributed by atoms with van der Waals surface area (Å²) in [6, 6.07) is 90.2. The van der Waals surface area contributed by atoms with E-state index in [1.807, 2.05) is 267 Å². The Hall–Kier alpha value is -9.78. The quantitative estimate of drug-likeness (QED) is 0.120. The zero-order chi connectivity index (χ0) is 55.3. The summed E-state index contributed by atoms with van der Waals surface area (Å²) in [5.41, 5.74) is 6.80. The van der Waals surface area contributed by atoms with Crippen LogP contribution in [0.3, 0.4) is 0 Å². The summed E-state index contributed by atoms with van der Waals surface area (Å²) in [6.07, 6.45) is -11.8. The Bertz CT molecular complexity index is 3870. The third-order valence-electron chi connectivity index (χ3n) is 15.7. The van der Waals surface area contributed by atoms with Gasteiger partial charge < -0.3 is 0 Å². The Labute approximate surface area is 466 Å². The number of alkyl halides is 6. The van der Waals surface area contributed by atoms with Gasteiger partial charge in [-0.05, 0) is 206 Å². The van der Waals surface area contributed by atoms with Gasteiger partial charge in [-0.3, -0.25) is 0 Å². The Morgan fingerprint density at radius 2 is 0.383 bits per heavy atom. The Balaban J connectivity index is 1.15. The molecule has 1 aliphatic rings. The number of hydrogen-bond acceptors (Lipinski definition) is 0. The van der Waals surface area contributed by atoms with Gasteiger partial charge in [0.1, 0.15) is 0 Å². The van der Waals surface area contributed by atoms with Gasteiger partial charge in [-0.15, -0.1) is 0 Å². The third kappa shape index (κ3) is 9.22. The first-order valence-electron chi connectivity index (χ1n) is 26.8. The molecule has 0 unspecified atom stereocenters. The van der Waals surface area contributed by atoms with E-state index >= 15 is 26.3 Å². The number of benzene rings is 12. The first kappa shape index (κ1) is 50.7. The van der Waals surface area contributed by atoms with Crippen molar-refractivity contribution in [3.8, 4) is 122 Å². The van der Waals surface area contributed by atoms with E-state index in [2.05, 4.69) is 0 Å². The molecular weight excluding hydrogens is 1010 g/mol. The molecule has 0 heterocycles. The fraction of sp³-hybridized carbons (Fsp3) is 0.0400. The van der Waals surface area contributed by atoms with Gasteiger partial charge in [0.2, 0.25) is 5.41 Å². The minimum Gasteiger partial charge on any atom is -0.169 e. The summed E-state index contributed by atoms with van der Waals surface area (Å²) in [5.74, 6) is 0. The summed E-state index contributed by atoms with van der Waals surface area (Å²) in [6.45, 7) is 0. The molecule has 1 aliphatic carbocycles. The monoisotopic (exact) mass is 1060 g/mol. The smallest absolute Gasteiger partial charge is 0.169 e. The van der Waals surface area contributed by atoms with E-state index in [4.69, 9.17) is 0 Å². The second-order valence-corrected chi connectivity index (χ2v) is 20.6. The second-order valence-electron chi connectivity index (χ2n) is 20.6. The van der Waals surface area contributed by atoms with Crippen molar-refractivity contribution in [1.29, 1.82) is 0 Å². The molecule has 0 atom stereocenters. The van der Waals surface area contributed by atoms with Crippen LogP contribution >= 0.6 is 0 Å². The topological polar surface area (TPSA) is 0 Å². The van der Waals surface area contributed by atoms with Crippen molar-refractivity contribution in [1.82, 2.24) is 0 Å². The van der Waals surface area contributed by atoms with Crippen LogP contribution in [0.1, 0.15) is 11.1 Å². The molecule has 0 spiro atoms. The fourth-order valence-electron chi connectivity index (χ4n) is 11.9. The van der Waals surface area contributed by atoms with E-state index in [1.165, 1.54) is 12.1 Å². The lowest BCUT2D eigenvalue weighted by molar-refractivity contribution is -0.287. The highest BCUT2D eigenvalue weighted by Crippen LogP contribution is 2.66. The lowest BCUT2D eigenvalue weighted by atomic mass is 9.74. The van der Waals surface area contributed by atoms with Gasteiger partial charge in [-0.25, -0.2) is 0 Å². The van der Waals surface area contributed by atoms with Crippen LogP contribution in [0.5, 0.6) is 0 Å². The van der Waals surface area contributed by atoms with Crippen LogP contribution in [-0.4, -0.2) is 12.4 Å². The molecule has 0 saturated carbocycles. The molecule has 0 nitrogen and oxygen atoms in total. The van der Waals surface area contributed by atoms with E-state index in [0.717, 1.165) is 66.8 Å². The predicted octanol–water partition coefficient (Wildman–Crippen LogP) is 21.7. The minimum atomic E-state index is -5.88. The fourth-order valence-corrected chi connectivity index (χ4v) is 11.9. The van der Waals surface area contributed by atoms with Crippen molar-refractivity contribution in [3.05, 3.63) is 302 Å². The van der Waals surface area contributed by atoms with Crippen molar-refractivity contribution >= 4 is 0 Å². The normalized spacial score (nSPS) is 12.7. The number of fused-ring (bicyclic) bond motifs is 3. The molecule has 0 saturated heterocycles. The average molecular weight is 1060 g/mol. The van der Waals surface area contributed by atoms with E-state index in [9.17, 15) is 0 Å². The molecule has 0 amide bonds. The zero-order valence-electron chi connectivity index (χ0n) is 43.5. The Morgan fingerprint density at radius 3 is 0.654 bits per heavy atom. The highest BCUT2D eigenvalue weighted by atomic mass is 19.4. The van der Waals surface area contributed by atoms with Gasteiger partial charge in [0.15, 0.2) is 0 Å². The maximum Gasteiger partial charge on any atom is 0.411 e. The van der Waals surface area contributed by atoms with Crippen molar-refractivity contribution < 1.29 is 26.3 Å². The van der Waals surface area contributed by atoms with Gasteiger partial charge in [0.25, 0.3) is 0 Å². The molecule has 0 aliphatic heterocycles. The molecule has 0 N–H and O–H groups in total. The molecule has 0 fully saturated rings. The summed E-state index contributed by atoms with van der Waals surface area (Å²) < 4.78 is 103. The SMILES string of the molecule is FC(F)(F)C1(C(F)(F)F)c2cc(-c3cc(-c4ccccc4)cc(-c4ccccc4)c3)c(-c3cccc(-c4ccccc4)c3)cc2-c2cc(-c3cccc(-c4ccccc4)c3)c(-c3cc(-c4ccccc4)cc(-c4ccccc4)c3)cc21. The summed E-state index contributed by atoms with van der Waals surface area (Å²) in [5, 5.41) is 0. The van der Waals surface area contributed by atoms with E-state index < -0.39 is 28.9 Å². The highest BCUT2D eigenvalue weighted by Gasteiger charge is 2.75. The molecule has 81 heavy (non-hydrogen) atoms. The second kappa shape index (κ2) is 20.5. The molecule has 6 heteroatoms. The summed E-state index contributed by atoms with van der Waals surface area (Å²) >= 11 is 0. The van der Waals surface area contributed by atoms with Crippen molar-refractivity contribution in [3.63, 3.8) is 0 Å². The zero-order valence-corrected chi connectivity index (χ0v) is 43.5. The van der Waals surface area contributed by atoms with Crippen molar-refractivity contribution in [2.75, 3.05) is 0 Å². The number of halogens is 6. The number of rotatable bonds is 10. The van der Waals surface area contributed by atoms with Crippen LogP contribution in [0.15, 0.2) is 291 Å². The molecule has 0 aromatic heterocycles. The maximum absolute atomic E-state index is 17.1. The van der Waals surface area contributed by atoms with E-state index in [-0.39, 0.29) is 22.3 Å². The molecule has 0 bridgehead atoms. The van der Waals surface area contributed by atoms with Gasteiger partial charge in [-0.1, -0.05) is 218 Å². The largest absolute Gasteiger partial charge is 0.411 e. The third-order valence-corrected chi connectivity index (χ3v) is 15.7. The van der Waals surface area contributed by atoms with Gasteiger partial charge in [0.05, 0.1) is 0 Å². The Morgan fingerprint density at radius 1 is 0.173 bits per heavy atom. The molecule has 390 valence electrons. The Kier molecular flexibility index (Phi) is 12.8. The molecule has 12 aromatic carbocycles. The van der Waals surface area contributed by atoms with E-state index in [1.54, 1.807) is 12.1 Å². The highest BCUT2D eigenvalue weighted by molar-refractivity contribution is 6.00. The molecule has 13 rings (SSSR count). The van der Waals surface area contributed by atoms with Crippen LogP contribution in [0, 0.1) is 0 Å². The maximum atomic E-state index is 17.1. The summed E-state index contributed by atoms with van der Waals surface area (Å²) in [7, 11) is 0. The molecule has 0 radical (unpaired) electrons. The van der Waals surface area contributed by atoms with Crippen molar-refractivity contribution in [2.24, 2.45) is 0 Å². The molecular formula is C75H48F6. The number of hydrogen-bond donors (Lipinski definition) is 0. The average Bonchev–Trinajstić information content (AvgIpc) is 3.87.